The molecule has 22 heavy (non-hydrogen) atoms. The number of carbonyl (C=O) groups is 2. The molecule has 1 aliphatic rings. The SMILES string of the molecule is CCc1cc(C(=O)N2CCC(C(=O)N(C)C(C)C)CC2)n[nH]1. The predicted octanol–water partition coefficient (Wildman–Crippen LogP) is 1.69. The van der Waals surface area contributed by atoms with Crippen molar-refractivity contribution in [3.8, 4) is 0 Å². The lowest BCUT2D eigenvalue weighted by atomic mass is 9.94. The Labute approximate surface area is 131 Å². The van der Waals surface area contributed by atoms with E-state index in [0.29, 0.717) is 18.8 Å². The molecule has 1 N–H and O–H groups in total. The summed E-state index contributed by atoms with van der Waals surface area (Å²) in [6.45, 7) is 7.29. The molecule has 2 rings (SSSR count). The van der Waals surface area contributed by atoms with Crippen molar-refractivity contribution in [3.05, 3.63) is 17.5 Å². The van der Waals surface area contributed by atoms with E-state index < -0.39 is 0 Å². The molecule has 0 aromatic carbocycles. The largest absolute Gasteiger partial charge is 0.343 e. The van der Waals surface area contributed by atoms with Gasteiger partial charge in [0.25, 0.3) is 5.91 Å². The molecule has 1 aromatic heterocycles. The van der Waals surface area contributed by atoms with Crippen LogP contribution in [0.25, 0.3) is 0 Å². The third-order valence-corrected chi connectivity index (χ3v) is 4.48. The summed E-state index contributed by atoms with van der Waals surface area (Å²) in [7, 11) is 1.85. The van der Waals surface area contributed by atoms with Gasteiger partial charge in [-0.05, 0) is 39.2 Å². The maximum atomic E-state index is 12.4. The Morgan fingerprint density at radius 1 is 1.41 bits per heavy atom. The number of H-pyrrole nitrogens is 1. The second-order valence-electron chi connectivity index (χ2n) is 6.24. The molecule has 1 aromatic rings. The first-order chi connectivity index (χ1) is 10.4. The lowest BCUT2D eigenvalue weighted by molar-refractivity contribution is -0.137. The van der Waals surface area contributed by atoms with Gasteiger partial charge in [-0.25, -0.2) is 0 Å². The maximum Gasteiger partial charge on any atom is 0.274 e. The summed E-state index contributed by atoms with van der Waals surface area (Å²) in [5, 5.41) is 6.95. The van der Waals surface area contributed by atoms with E-state index >= 15 is 0 Å². The molecule has 122 valence electrons. The number of nitrogens with one attached hydrogen (secondary N) is 1. The van der Waals surface area contributed by atoms with Gasteiger partial charge in [0.05, 0.1) is 0 Å². The molecule has 0 atom stereocenters. The molecule has 6 nitrogen and oxygen atoms in total. The molecule has 2 heterocycles. The fourth-order valence-corrected chi connectivity index (χ4v) is 2.69. The quantitative estimate of drug-likeness (QED) is 0.920. The van der Waals surface area contributed by atoms with E-state index in [-0.39, 0.29) is 23.8 Å². The normalized spacial score (nSPS) is 16.1. The Morgan fingerprint density at radius 2 is 2.05 bits per heavy atom. The predicted molar refractivity (Wildman–Crippen MR) is 84.5 cm³/mol. The monoisotopic (exact) mass is 306 g/mol. The van der Waals surface area contributed by atoms with E-state index in [2.05, 4.69) is 10.2 Å². The third-order valence-electron chi connectivity index (χ3n) is 4.48. The van der Waals surface area contributed by atoms with Gasteiger partial charge in [-0.3, -0.25) is 14.7 Å². The van der Waals surface area contributed by atoms with Crippen LogP contribution in [0.3, 0.4) is 0 Å². The van der Waals surface area contributed by atoms with Crippen molar-refractivity contribution in [3.63, 3.8) is 0 Å². The van der Waals surface area contributed by atoms with E-state index in [4.69, 9.17) is 0 Å². The fourth-order valence-electron chi connectivity index (χ4n) is 2.69. The standard InChI is InChI=1S/C16H26N4O2/c1-5-13-10-14(18-17-13)16(22)20-8-6-12(7-9-20)15(21)19(4)11(2)3/h10-12H,5-9H2,1-4H3,(H,17,18). The number of aromatic nitrogens is 2. The zero-order valence-electron chi connectivity index (χ0n) is 13.9. The van der Waals surface area contributed by atoms with Crippen LogP contribution in [0.5, 0.6) is 0 Å². The van der Waals surface area contributed by atoms with E-state index in [9.17, 15) is 9.59 Å². The number of nitrogens with zero attached hydrogens (tertiary/aromatic N) is 3. The fraction of sp³-hybridized carbons (Fsp3) is 0.688. The highest BCUT2D eigenvalue weighted by Crippen LogP contribution is 2.21. The number of carbonyl (C=O) groups excluding carboxylic acids is 2. The van der Waals surface area contributed by atoms with Crippen LogP contribution in [0.1, 0.15) is 49.8 Å². The summed E-state index contributed by atoms with van der Waals surface area (Å²) < 4.78 is 0. The van der Waals surface area contributed by atoms with Crippen molar-refractivity contribution in [2.75, 3.05) is 20.1 Å². The van der Waals surface area contributed by atoms with Crippen LogP contribution in [-0.2, 0) is 11.2 Å². The molecular weight excluding hydrogens is 280 g/mol. The molecule has 0 unspecified atom stereocenters. The third kappa shape index (κ3) is 3.48. The van der Waals surface area contributed by atoms with E-state index in [1.807, 2.05) is 33.9 Å². The highest BCUT2D eigenvalue weighted by molar-refractivity contribution is 5.92. The van der Waals surface area contributed by atoms with Gasteiger partial charge < -0.3 is 9.80 Å². The topological polar surface area (TPSA) is 69.3 Å². The minimum absolute atomic E-state index is 0.0295. The van der Waals surface area contributed by atoms with Gasteiger partial charge in [0.2, 0.25) is 5.91 Å². The van der Waals surface area contributed by atoms with Crippen LogP contribution in [0.4, 0.5) is 0 Å². The first-order valence-corrected chi connectivity index (χ1v) is 8.04. The van der Waals surface area contributed by atoms with Gasteiger partial charge in [-0.2, -0.15) is 5.10 Å². The molecule has 1 aliphatic heterocycles. The maximum absolute atomic E-state index is 12.4. The summed E-state index contributed by atoms with van der Waals surface area (Å²) in [4.78, 5) is 28.3. The molecule has 1 fully saturated rings. The molecule has 0 bridgehead atoms. The van der Waals surface area contributed by atoms with Crippen LogP contribution in [-0.4, -0.2) is 58.0 Å². The first-order valence-electron chi connectivity index (χ1n) is 8.04. The molecule has 1 saturated heterocycles. The number of aryl methyl sites for hydroxylation is 1. The van der Waals surface area contributed by atoms with E-state index in [0.717, 1.165) is 25.0 Å². The molecular formula is C16H26N4O2. The summed E-state index contributed by atoms with van der Waals surface area (Å²) in [6, 6.07) is 2.02. The first kappa shape index (κ1) is 16.5. The van der Waals surface area contributed by atoms with Crippen LogP contribution < -0.4 is 0 Å². The van der Waals surface area contributed by atoms with Crippen LogP contribution in [0.15, 0.2) is 6.07 Å². The molecule has 0 saturated carbocycles. The number of aromatic amines is 1. The minimum Gasteiger partial charge on any atom is -0.343 e. The Morgan fingerprint density at radius 3 is 2.55 bits per heavy atom. The van der Waals surface area contributed by atoms with E-state index in [1.54, 1.807) is 9.80 Å². The van der Waals surface area contributed by atoms with Crippen molar-refractivity contribution >= 4 is 11.8 Å². The highest BCUT2D eigenvalue weighted by atomic mass is 16.2. The Bertz CT molecular complexity index is 530. The minimum atomic E-state index is -0.0425. The number of hydrogen-bond acceptors (Lipinski definition) is 3. The highest BCUT2D eigenvalue weighted by Gasteiger charge is 2.30. The number of hydrogen-bond donors (Lipinski definition) is 1. The summed E-state index contributed by atoms with van der Waals surface area (Å²) in [5.41, 5.74) is 1.44. The second-order valence-corrected chi connectivity index (χ2v) is 6.24. The molecule has 0 aliphatic carbocycles. The van der Waals surface area contributed by atoms with Gasteiger partial charge in [-0.15, -0.1) is 0 Å². The van der Waals surface area contributed by atoms with Crippen LogP contribution >= 0.6 is 0 Å². The zero-order chi connectivity index (χ0) is 16.3. The molecule has 0 spiro atoms. The summed E-state index contributed by atoms with van der Waals surface area (Å²) in [5.74, 6) is 0.177. The van der Waals surface area contributed by atoms with E-state index in [1.165, 1.54) is 0 Å². The Kier molecular flexibility index (Phi) is 5.21. The molecule has 0 radical (unpaired) electrons. The smallest absolute Gasteiger partial charge is 0.274 e. The molecule has 2 amide bonds. The number of piperidine rings is 1. The Hall–Kier alpha value is -1.85. The van der Waals surface area contributed by atoms with Crippen LogP contribution in [0.2, 0.25) is 0 Å². The van der Waals surface area contributed by atoms with Gasteiger partial charge in [0.15, 0.2) is 0 Å². The van der Waals surface area contributed by atoms with Crippen molar-refractivity contribution in [1.29, 1.82) is 0 Å². The number of likely N-dealkylation sites (tertiary alicyclic amines) is 1. The van der Waals surface area contributed by atoms with Crippen molar-refractivity contribution < 1.29 is 9.59 Å². The average molecular weight is 306 g/mol. The van der Waals surface area contributed by atoms with Gasteiger partial charge >= 0.3 is 0 Å². The van der Waals surface area contributed by atoms with Crippen molar-refractivity contribution in [2.24, 2.45) is 5.92 Å². The van der Waals surface area contributed by atoms with Gasteiger partial charge in [-0.1, -0.05) is 6.92 Å². The zero-order valence-corrected chi connectivity index (χ0v) is 13.9. The average Bonchev–Trinajstić information content (AvgIpc) is 3.01. The number of amides is 2. The second kappa shape index (κ2) is 6.94. The van der Waals surface area contributed by atoms with Crippen molar-refractivity contribution in [1.82, 2.24) is 20.0 Å². The number of rotatable bonds is 4. The van der Waals surface area contributed by atoms with Crippen LogP contribution in [0, 0.1) is 5.92 Å². The lowest BCUT2D eigenvalue weighted by Crippen LogP contribution is -2.45. The van der Waals surface area contributed by atoms with Gasteiger partial charge in [0.1, 0.15) is 5.69 Å². The summed E-state index contributed by atoms with van der Waals surface area (Å²) >= 11 is 0. The molecule has 6 heteroatoms. The van der Waals surface area contributed by atoms with Crippen molar-refractivity contribution in [2.45, 2.75) is 46.1 Å². The summed E-state index contributed by atoms with van der Waals surface area (Å²) in [6.07, 6.45) is 2.29. The van der Waals surface area contributed by atoms with Gasteiger partial charge in [0, 0.05) is 37.8 Å². The lowest BCUT2D eigenvalue weighted by Gasteiger charge is -2.34. The Balaban J connectivity index is 1.91.